The molecular formula is C18H25N3O. The SMILES string of the molecule is CN1CCC(/C(=C/C(=O)N2CCCC2)c2ccccn2)CC1. The lowest BCUT2D eigenvalue weighted by Gasteiger charge is -2.30. The summed E-state index contributed by atoms with van der Waals surface area (Å²) in [6.07, 6.45) is 8.15. The van der Waals surface area contributed by atoms with Gasteiger partial charge in [0.15, 0.2) is 0 Å². The number of rotatable bonds is 3. The van der Waals surface area contributed by atoms with Crippen LogP contribution in [0, 0.1) is 5.92 Å². The van der Waals surface area contributed by atoms with Crippen molar-refractivity contribution in [3.8, 4) is 0 Å². The summed E-state index contributed by atoms with van der Waals surface area (Å²) in [5, 5.41) is 0. The number of nitrogens with zero attached hydrogens (tertiary/aromatic N) is 3. The Balaban J connectivity index is 1.84. The zero-order valence-electron chi connectivity index (χ0n) is 13.4. The van der Waals surface area contributed by atoms with Gasteiger partial charge in [-0.1, -0.05) is 6.07 Å². The van der Waals surface area contributed by atoms with E-state index in [4.69, 9.17) is 0 Å². The molecule has 0 bridgehead atoms. The van der Waals surface area contributed by atoms with Gasteiger partial charge in [0.05, 0.1) is 5.69 Å². The summed E-state index contributed by atoms with van der Waals surface area (Å²) < 4.78 is 0. The van der Waals surface area contributed by atoms with Gasteiger partial charge in [0.2, 0.25) is 5.91 Å². The van der Waals surface area contributed by atoms with Gasteiger partial charge in [-0.2, -0.15) is 0 Å². The monoisotopic (exact) mass is 299 g/mol. The fourth-order valence-electron chi connectivity index (χ4n) is 3.42. The Morgan fingerprint density at radius 1 is 1.18 bits per heavy atom. The Kier molecular flexibility index (Phi) is 4.88. The molecule has 0 N–H and O–H groups in total. The summed E-state index contributed by atoms with van der Waals surface area (Å²) in [7, 11) is 2.16. The number of allylic oxidation sites excluding steroid dienone is 1. The van der Waals surface area contributed by atoms with E-state index in [1.807, 2.05) is 35.4 Å². The maximum atomic E-state index is 12.5. The zero-order valence-corrected chi connectivity index (χ0v) is 13.4. The molecule has 0 saturated carbocycles. The van der Waals surface area contributed by atoms with Crippen LogP contribution in [0.5, 0.6) is 0 Å². The average Bonchev–Trinajstić information content (AvgIpc) is 3.09. The van der Waals surface area contributed by atoms with Gasteiger partial charge in [0.25, 0.3) is 0 Å². The molecule has 4 heteroatoms. The van der Waals surface area contributed by atoms with E-state index < -0.39 is 0 Å². The highest BCUT2D eigenvalue weighted by Crippen LogP contribution is 2.31. The molecule has 1 aromatic rings. The predicted molar refractivity (Wildman–Crippen MR) is 88.2 cm³/mol. The van der Waals surface area contributed by atoms with Gasteiger partial charge < -0.3 is 9.80 Å². The summed E-state index contributed by atoms with van der Waals surface area (Å²) in [5.41, 5.74) is 2.09. The third-order valence-corrected chi connectivity index (χ3v) is 4.82. The van der Waals surface area contributed by atoms with Crippen LogP contribution in [0.1, 0.15) is 31.4 Å². The second kappa shape index (κ2) is 7.05. The molecule has 2 saturated heterocycles. The Labute approximate surface area is 132 Å². The number of amides is 1. The Morgan fingerprint density at radius 3 is 2.55 bits per heavy atom. The van der Waals surface area contributed by atoms with Crippen LogP contribution in [0.25, 0.3) is 5.57 Å². The highest BCUT2D eigenvalue weighted by molar-refractivity contribution is 5.95. The molecule has 0 radical (unpaired) electrons. The molecule has 3 rings (SSSR count). The maximum Gasteiger partial charge on any atom is 0.246 e. The largest absolute Gasteiger partial charge is 0.339 e. The van der Waals surface area contributed by atoms with Gasteiger partial charge in [0.1, 0.15) is 0 Å². The van der Waals surface area contributed by atoms with Crippen molar-refractivity contribution in [3.63, 3.8) is 0 Å². The quantitative estimate of drug-likeness (QED) is 0.804. The van der Waals surface area contributed by atoms with Crippen molar-refractivity contribution in [2.45, 2.75) is 25.7 Å². The minimum Gasteiger partial charge on any atom is -0.339 e. The molecule has 2 aliphatic rings. The molecule has 22 heavy (non-hydrogen) atoms. The fourth-order valence-corrected chi connectivity index (χ4v) is 3.42. The topological polar surface area (TPSA) is 36.4 Å². The highest BCUT2D eigenvalue weighted by atomic mass is 16.2. The van der Waals surface area contributed by atoms with Gasteiger partial charge in [0, 0.05) is 25.4 Å². The molecule has 2 aliphatic heterocycles. The predicted octanol–water partition coefficient (Wildman–Crippen LogP) is 2.43. The van der Waals surface area contributed by atoms with Gasteiger partial charge in [-0.05, 0) is 69.4 Å². The molecule has 0 atom stereocenters. The van der Waals surface area contributed by atoms with Crippen molar-refractivity contribution >= 4 is 11.5 Å². The molecule has 118 valence electrons. The number of carbonyl (C=O) groups is 1. The van der Waals surface area contributed by atoms with E-state index in [9.17, 15) is 4.79 Å². The van der Waals surface area contributed by atoms with Gasteiger partial charge >= 0.3 is 0 Å². The molecule has 0 aromatic carbocycles. The van der Waals surface area contributed by atoms with Crippen LogP contribution in [0.3, 0.4) is 0 Å². The normalized spacial score (nSPS) is 21.3. The first-order chi connectivity index (χ1) is 10.7. The third kappa shape index (κ3) is 3.55. The van der Waals surface area contributed by atoms with Gasteiger partial charge in [-0.3, -0.25) is 9.78 Å². The number of hydrogen-bond donors (Lipinski definition) is 0. The van der Waals surface area contributed by atoms with Crippen molar-refractivity contribution in [1.29, 1.82) is 0 Å². The lowest BCUT2D eigenvalue weighted by atomic mass is 9.86. The molecule has 0 unspecified atom stereocenters. The molecule has 4 nitrogen and oxygen atoms in total. The summed E-state index contributed by atoms with van der Waals surface area (Å²) in [6, 6.07) is 5.96. The average molecular weight is 299 g/mol. The Hall–Kier alpha value is -1.68. The first-order valence-corrected chi connectivity index (χ1v) is 8.34. The van der Waals surface area contributed by atoms with E-state index in [1.54, 1.807) is 0 Å². The van der Waals surface area contributed by atoms with Crippen LogP contribution in [0.4, 0.5) is 0 Å². The highest BCUT2D eigenvalue weighted by Gasteiger charge is 2.24. The second-order valence-corrected chi connectivity index (χ2v) is 6.42. The van der Waals surface area contributed by atoms with Crippen molar-refractivity contribution < 1.29 is 4.79 Å². The number of hydrogen-bond acceptors (Lipinski definition) is 3. The summed E-state index contributed by atoms with van der Waals surface area (Å²) in [5.74, 6) is 0.606. The van der Waals surface area contributed by atoms with E-state index in [1.165, 1.54) is 0 Å². The van der Waals surface area contributed by atoms with Crippen LogP contribution >= 0.6 is 0 Å². The van der Waals surface area contributed by atoms with Crippen LogP contribution in [-0.2, 0) is 4.79 Å². The lowest BCUT2D eigenvalue weighted by Crippen LogP contribution is -2.31. The molecule has 0 spiro atoms. The minimum atomic E-state index is 0.164. The van der Waals surface area contributed by atoms with Crippen molar-refractivity contribution in [2.24, 2.45) is 5.92 Å². The number of carbonyl (C=O) groups excluding carboxylic acids is 1. The van der Waals surface area contributed by atoms with Crippen LogP contribution in [0.15, 0.2) is 30.5 Å². The second-order valence-electron chi connectivity index (χ2n) is 6.42. The maximum absolute atomic E-state index is 12.5. The molecule has 1 aromatic heterocycles. The van der Waals surface area contributed by atoms with E-state index in [0.717, 1.165) is 63.1 Å². The first kappa shape index (κ1) is 15.2. The lowest BCUT2D eigenvalue weighted by molar-refractivity contribution is -0.124. The third-order valence-electron chi connectivity index (χ3n) is 4.82. The first-order valence-electron chi connectivity index (χ1n) is 8.34. The minimum absolute atomic E-state index is 0.164. The van der Waals surface area contributed by atoms with E-state index in [-0.39, 0.29) is 5.91 Å². The number of piperidine rings is 1. The smallest absolute Gasteiger partial charge is 0.246 e. The van der Waals surface area contributed by atoms with E-state index in [2.05, 4.69) is 16.9 Å². The molecule has 0 aliphatic carbocycles. The van der Waals surface area contributed by atoms with Crippen molar-refractivity contribution in [3.05, 3.63) is 36.2 Å². The van der Waals surface area contributed by atoms with Gasteiger partial charge in [-0.15, -0.1) is 0 Å². The zero-order chi connectivity index (χ0) is 15.4. The molecular weight excluding hydrogens is 274 g/mol. The fraction of sp³-hybridized carbons (Fsp3) is 0.556. The van der Waals surface area contributed by atoms with Crippen molar-refractivity contribution in [2.75, 3.05) is 33.2 Å². The van der Waals surface area contributed by atoms with Crippen molar-refractivity contribution in [1.82, 2.24) is 14.8 Å². The summed E-state index contributed by atoms with van der Waals surface area (Å²) in [4.78, 5) is 21.4. The van der Waals surface area contributed by atoms with E-state index >= 15 is 0 Å². The number of aromatic nitrogens is 1. The van der Waals surface area contributed by atoms with Crippen LogP contribution in [0.2, 0.25) is 0 Å². The molecule has 2 fully saturated rings. The summed E-state index contributed by atoms with van der Waals surface area (Å²) in [6.45, 7) is 3.98. The summed E-state index contributed by atoms with van der Waals surface area (Å²) >= 11 is 0. The Bertz CT molecular complexity index is 527. The standard InChI is InChI=1S/C18H25N3O/c1-20-12-7-15(8-13-20)16(17-6-2-3-9-19-17)14-18(22)21-10-4-5-11-21/h2-3,6,9,14-15H,4-5,7-8,10-13H2,1H3/b16-14-. The molecule has 3 heterocycles. The number of pyridine rings is 1. The number of likely N-dealkylation sites (tertiary alicyclic amines) is 2. The van der Waals surface area contributed by atoms with Crippen LogP contribution in [-0.4, -0.2) is 53.9 Å². The van der Waals surface area contributed by atoms with Crippen LogP contribution < -0.4 is 0 Å². The Morgan fingerprint density at radius 2 is 1.91 bits per heavy atom. The van der Waals surface area contributed by atoms with E-state index in [0.29, 0.717) is 5.92 Å². The molecule has 1 amide bonds. The van der Waals surface area contributed by atoms with Gasteiger partial charge in [-0.25, -0.2) is 0 Å².